The minimum atomic E-state index is -1.06. The number of nitrogens with two attached hydrogens (primary N) is 1. The molecule has 0 aliphatic carbocycles. The van der Waals surface area contributed by atoms with Crippen molar-refractivity contribution in [1.29, 1.82) is 0 Å². The van der Waals surface area contributed by atoms with Crippen LogP contribution in [0.2, 0.25) is 0 Å². The van der Waals surface area contributed by atoms with Crippen LogP contribution in [0.1, 0.15) is 31.6 Å². The zero-order valence-corrected chi connectivity index (χ0v) is 7.64. The van der Waals surface area contributed by atoms with Crippen LogP contribution in [0.4, 0.5) is 0 Å². The van der Waals surface area contributed by atoms with Crippen LogP contribution in [-0.4, -0.2) is 20.6 Å². The second kappa shape index (κ2) is 3.57. The summed E-state index contributed by atoms with van der Waals surface area (Å²) in [7, 11) is 0. The van der Waals surface area contributed by atoms with Crippen molar-refractivity contribution in [3.8, 4) is 0 Å². The summed E-state index contributed by atoms with van der Waals surface area (Å²) in [5, 5.41) is 8.61. The van der Waals surface area contributed by atoms with Crippen molar-refractivity contribution in [3.63, 3.8) is 0 Å². The lowest BCUT2D eigenvalue weighted by Crippen LogP contribution is -2.20. The lowest BCUT2D eigenvalue weighted by molar-refractivity contribution is -0.138. The van der Waals surface area contributed by atoms with Crippen molar-refractivity contribution < 1.29 is 9.90 Å². The molecule has 0 saturated carbocycles. The molecular formula is C8H13N3O2. The Balaban J connectivity index is 2.85. The summed E-state index contributed by atoms with van der Waals surface area (Å²) in [6, 6.07) is -0.762. The summed E-state index contributed by atoms with van der Waals surface area (Å²) in [6.45, 7) is 3.97. The van der Waals surface area contributed by atoms with Gasteiger partial charge in [0.25, 0.3) is 0 Å². The molecule has 72 valence electrons. The third-order valence-electron chi connectivity index (χ3n) is 1.80. The zero-order chi connectivity index (χ0) is 10.0. The van der Waals surface area contributed by atoms with Crippen LogP contribution in [0.3, 0.4) is 0 Å². The molecule has 1 rings (SSSR count). The Labute approximate surface area is 76.2 Å². The third-order valence-corrected chi connectivity index (χ3v) is 1.80. The van der Waals surface area contributed by atoms with Gasteiger partial charge in [0.2, 0.25) is 0 Å². The standard InChI is InChI=1S/C8H13N3O2/c1-5(2)11-3-6(10-4-11)7(9)8(12)13/h3-5,7H,9H2,1-2H3,(H,12,13). The lowest BCUT2D eigenvalue weighted by atomic mass is 10.2. The predicted octanol–water partition coefficient (Wildman–Crippen LogP) is 0.548. The summed E-state index contributed by atoms with van der Waals surface area (Å²) >= 11 is 0. The molecule has 0 saturated heterocycles. The van der Waals surface area contributed by atoms with Crippen LogP contribution in [0, 0.1) is 0 Å². The molecule has 1 atom stereocenters. The van der Waals surface area contributed by atoms with Gasteiger partial charge in [-0.2, -0.15) is 0 Å². The van der Waals surface area contributed by atoms with Gasteiger partial charge in [-0.05, 0) is 13.8 Å². The minimum absolute atomic E-state index is 0.266. The summed E-state index contributed by atoms with van der Waals surface area (Å²) in [6.07, 6.45) is 3.24. The molecule has 0 aromatic carbocycles. The Morgan fingerprint density at radius 2 is 2.31 bits per heavy atom. The van der Waals surface area contributed by atoms with Gasteiger partial charge in [0, 0.05) is 12.2 Å². The summed E-state index contributed by atoms with van der Waals surface area (Å²) in [4.78, 5) is 14.4. The first kappa shape index (κ1) is 9.73. The second-order valence-electron chi connectivity index (χ2n) is 3.16. The van der Waals surface area contributed by atoms with E-state index in [1.165, 1.54) is 0 Å². The average molecular weight is 183 g/mol. The normalized spacial score (nSPS) is 13.2. The van der Waals surface area contributed by atoms with Crippen molar-refractivity contribution in [1.82, 2.24) is 9.55 Å². The topological polar surface area (TPSA) is 81.1 Å². The highest BCUT2D eigenvalue weighted by molar-refractivity contribution is 5.74. The third kappa shape index (κ3) is 2.06. The van der Waals surface area contributed by atoms with Crippen molar-refractivity contribution >= 4 is 5.97 Å². The number of imidazole rings is 1. The number of hydrogen-bond acceptors (Lipinski definition) is 3. The summed E-state index contributed by atoms with van der Waals surface area (Å²) < 4.78 is 1.82. The number of aliphatic carboxylic acids is 1. The zero-order valence-electron chi connectivity index (χ0n) is 7.64. The molecule has 1 aromatic rings. The molecule has 3 N–H and O–H groups in total. The number of carboxylic acid groups (broad SMARTS) is 1. The molecule has 0 radical (unpaired) electrons. The number of rotatable bonds is 3. The Morgan fingerprint density at radius 3 is 2.69 bits per heavy atom. The second-order valence-corrected chi connectivity index (χ2v) is 3.16. The van der Waals surface area contributed by atoms with E-state index in [1.807, 2.05) is 18.4 Å². The fraction of sp³-hybridized carbons (Fsp3) is 0.500. The van der Waals surface area contributed by atoms with Crippen LogP contribution in [0.15, 0.2) is 12.5 Å². The molecule has 0 aliphatic rings. The number of nitrogens with zero attached hydrogens (tertiary/aromatic N) is 2. The molecule has 13 heavy (non-hydrogen) atoms. The van der Waals surface area contributed by atoms with Crippen LogP contribution < -0.4 is 5.73 Å². The highest BCUT2D eigenvalue weighted by atomic mass is 16.4. The number of carbonyl (C=O) groups is 1. The summed E-state index contributed by atoms with van der Waals surface area (Å²) in [5.74, 6) is -1.06. The van der Waals surface area contributed by atoms with Crippen molar-refractivity contribution in [3.05, 3.63) is 18.2 Å². The van der Waals surface area contributed by atoms with Gasteiger partial charge in [-0.15, -0.1) is 0 Å². The largest absolute Gasteiger partial charge is 0.480 e. The molecule has 0 spiro atoms. The molecule has 0 bridgehead atoms. The predicted molar refractivity (Wildman–Crippen MR) is 47.2 cm³/mol. The van der Waals surface area contributed by atoms with E-state index in [9.17, 15) is 4.79 Å². The molecule has 1 heterocycles. The molecule has 0 aliphatic heterocycles. The van der Waals surface area contributed by atoms with Crippen molar-refractivity contribution in [2.45, 2.75) is 25.9 Å². The number of aromatic nitrogens is 2. The molecule has 1 unspecified atom stereocenters. The van der Waals surface area contributed by atoms with E-state index in [0.29, 0.717) is 5.69 Å². The van der Waals surface area contributed by atoms with Gasteiger partial charge in [0.05, 0.1) is 12.0 Å². The first-order valence-electron chi connectivity index (χ1n) is 4.04. The smallest absolute Gasteiger partial charge is 0.326 e. The Kier molecular flexibility index (Phi) is 2.67. The van der Waals surface area contributed by atoms with E-state index in [4.69, 9.17) is 10.8 Å². The Morgan fingerprint density at radius 1 is 1.69 bits per heavy atom. The number of hydrogen-bond donors (Lipinski definition) is 2. The highest BCUT2D eigenvalue weighted by Gasteiger charge is 2.17. The van der Waals surface area contributed by atoms with Crippen molar-refractivity contribution in [2.24, 2.45) is 5.73 Å². The van der Waals surface area contributed by atoms with E-state index in [0.717, 1.165) is 0 Å². The SMILES string of the molecule is CC(C)n1cnc(C(N)C(=O)O)c1. The highest BCUT2D eigenvalue weighted by Crippen LogP contribution is 2.10. The van der Waals surface area contributed by atoms with Crippen LogP contribution in [-0.2, 0) is 4.79 Å². The number of carboxylic acids is 1. The maximum Gasteiger partial charge on any atom is 0.326 e. The maximum absolute atomic E-state index is 10.5. The molecule has 5 nitrogen and oxygen atoms in total. The fourth-order valence-corrected chi connectivity index (χ4v) is 0.922. The van der Waals surface area contributed by atoms with Gasteiger partial charge in [0.15, 0.2) is 0 Å². The van der Waals surface area contributed by atoms with Gasteiger partial charge in [-0.1, -0.05) is 0 Å². The molecule has 0 amide bonds. The van der Waals surface area contributed by atoms with Gasteiger partial charge < -0.3 is 15.4 Å². The van der Waals surface area contributed by atoms with Crippen LogP contribution in [0.25, 0.3) is 0 Å². The van der Waals surface area contributed by atoms with Gasteiger partial charge in [-0.25, -0.2) is 4.98 Å². The minimum Gasteiger partial charge on any atom is -0.480 e. The van der Waals surface area contributed by atoms with Crippen LogP contribution >= 0.6 is 0 Å². The van der Waals surface area contributed by atoms with E-state index >= 15 is 0 Å². The molecule has 5 heteroatoms. The molecule has 1 aromatic heterocycles. The van der Waals surface area contributed by atoms with Crippen LogP contribution in [0.5, 0.6) is 0 Å². The van der Waals surface area contributed by atoms with Gasteiger partial charge >= 0.3 is 5.97 Å². The lowest BCUT2D eigenvalue weighted by Gasteiger charge is -2.04. The molecule has 0 fully saturated rings. The first-order chi connectivity index (χ1) is 6.02. The monoisotopic (exact) mass is 183 g/mol. The van der Waals surface area contributed by atoms with E-state index in [-0.39, 0.29) is 6.04 Å². The maximum atomic E-state index is 10.5. The van der Waals surface area contributed by atoms with E-state index in [1.54, 1.807) is 12.5 Å². The van der Waals surface area contributed by atoms with Gasteiger partial charge in [-0.3, -0.25) is 4.79 Å². The van der Waals surface area contributed by atoms with E-state index < -0.39 is 12.0 Å². The quantitative estimate of drug-likeness (QED) is 0.717. The first-order valence-corrected chi connectivity index (χ1v) is 4.04. The average Bonchev–Trinajstić information content (AvgIpc) is 2.50. The Bertz CT molecular complexity index is 306. The fourth-order valence-electron chi connectivity index (χ4n) is 0.922. The van der Waals surface area contributed by atoms with Crippen molar-refractivity contribution in [2.75, 3.05) is 0 Å². The molecular weight excluding hydrogens is 170 g/mol. The summed E-state index contributed by atoms with van der Waals surface area (Å²) in [5.41, 5.74) is 5.77. The Hall–Kier alpha value is -1.36. The van der Waals surface area contributed by atoms with Gasteiger partial charge in [0.1, 0.15) is 6.04 Å². The van der Waals surface area contributed by atoms with E-state index in [2.05, 4.69) is 4.98 Å².